The fourth-order valence-electron chi connectivity index (χ4n) is 2.11. The molecule has 0 radical (unpaired) electrons. The summed E-state index contributed by atoms with van der Waals surface area (Å²) in [6, 6.07) is 5.72. The van der Waals surface area contributed by atoms with E-state index in [0.29, 0.717) is 11.7 Å². The van der Waals surface area contributed by atoms with Crippen LogP contribution in [-0.4, -0.2) is 28.1 Å². The van der Waals surface area contributed by atoms with Gasteiger partial charge < -0.3 is 10.6 Å². The van der Waals surface area contributed by atoms with Crippen molar-refractivity contribution in [1.82, 2.24) is 4.72 Å². The fourth-order valence-corrected chi connectivity index (χ4v) is 2.94. The molecule has 0 spiro atoms. The van der Waals surface area contributed by atoms with Crippen LogP contribution in [0.1, 0.15) is 19.8 Å². The first kappa shape index (κ1) is 13.2. The van der Waals surface area contributed by atoms with Gasteiger partial charge in [-0.1, -0.05) is 0 Å². The largest absolute Gasteiger partial charge is 0.398 e. The number of benzene rings is 1. The number of rotatable bonds is 5. The summed E-state index contributed by atoms with van der Waals surface area (Å²) in [5, 5.41) is 0. The zero-order valence-electron chi connectivity index (χ0n) is 10.7. The third kappa shape index (κ3) is 2.44. The third-order valence-electron chi connectivity index (χ3n) is 3.21. The van der Waals surface area contributed by atoms with Crippen molar-refractivity contribution in [3.8, 4) is 0 Å². The molecule has 1 aromatic rings. The second kappa shape index (κ2) is 4.78. The predicted octanol–water partition coefficient (Wildman–Crippen LogP) is 1.17. The Morgan fingerprint density at radius 2 is 2.11 bits per heavy atom. The molecule has 0 aliphatic heterocycles. The molecule has 1 aromatic carbocycles. The summed E-state index contributed by atoms with van der Waals surface area (Å²) in [6.45, 7) is 3.00. The van der Waals surface area contributed by atoms with E-state index in [1.807, 2.05) is 6.07 Å². The predicted molar refractivity (Wildman–Crippen MR) is 73.1 cm³/mol. The van der Waals surface area contributed by atoms with Crippen molar-refractivity contribution in [3.05, 3.63) is 18.2 Å². The molecule has 0 atom stereocenters. The SMILES string of the molecule is CCN(c1ccc(S(=O)(=O)NC)c(N)c1)C1CC1. The molecule has 0 heterocycles. The van der Waals surface area contributed by atoms with Crippen molar-refractivity contribution in [2.24, 2.45) is 0 Å². The molecule has 1 saturated carbocycles. The number of hydrogen-bond donors (Lipinski definition) is 2. The van der Waals surface area contributed by atoms with E-state index in [9.17, 15) is 8.42 Å². The van der Waals surface area contributed by atoms with Crippen LogP contribution in [0.4, 0.5) is 11.4 Å². The number of nitrogen functional groups attached to an aromatic ring is 1. The van der Waals surface area contributed by atoms with Crippen molar-refractivity contribution in [3.63, 3.8) is 0 Å². The Morgan fingerprint density at radius 3 is 2.56 bits per heavy atom. The summed E-state index contributed by atoms with van der Waals surface area (Å²) >= 11 is 0. The van der Waals surface area contributed by atoms with Crippen LogP contribution in [0.2, 0.25) is 0 Å². The zero-order valence-corrected chi connectivity index (χ0v) is 11.5. The molecule has 6 heteroatoms. The van der Waals surface area contributed by atoms with Crippen LogP contribution >= 0.6 is 0 Å². The summed E-state index contributed by atoms with van der Waals surface area (Å²) in [4.78, 5) is 2.40. The van der Waals surface area contributed by atoms with Gasteiger partial charge in [0.25, 0.3) is 0 Å². The highest BCUT2D eigenvalue weighted by atomic mass is 32.2. The molecule has 0 amide bonds. The summed E-state index contributed by atoms with van der Waals surface area (Å²) in [6.07, 6.45) is 2.40. The van der Waals surface area contributed by atoms with Gasteiger partial charge in [0.05, 0.1) is 5.69 Å². The van der Waals surface area contributed by atoms with Gasteiger partial charge in [0.2, 0.25) is 10.0 Å². The highest BCUT2D eigenvalue weighted by Gasteiger charge is 2.28. The molecule has 1 aliphatic rings. The lowest BCUT2D eigenvalue weighted by atomic mass is 10.2. The van der Waals surface area contributed by atoms with Gasteiger partial charge in [0, 0.05) is 18.3 Å². The van der Waals surface area contributed by atoms with E-state index in [0.717, 1.165) is 12.2 Å². The Morgan fingerprint density at radius 1 is 1.44 bits per heavy atom. The van der Waals surface area contributed by atoms with Crippen LogP contribution in [0.3, 0.4) is 0 Å². The van der Waals surface area contributed by atoms with E-state index in [1.54, 1.807) is 12.1 Å². The molecule has 2 rings (SSSR count). The van der Waals surface area contributed by atoms with Crippen molar-refractivity contribution < 1.29 is 8.42 Å². The second-order valence-electron chi connectivity index (χ2n) is 4.45. The minimum atomic E-state index is -3.48. The summed E-state index contributed by atoms with van der Waals surface area (Å²) in [7, 11) is -2.10. The monoisotopic (exact) mass is 269 g/mol. The van der Waals surface area contributed by atoms with Crippen molar-refractivity contribution in [2.75, 3.05) is 24.2 Å². The summed E-state index contributed by atoms with van der Waals surface area (Å²) in [5.41, 5.74) is 7.14. The average Bonchev–Trinajstić information content (AvgIpc) is 3.14. The molecule has 0 bridgehead atoms. The Labute approximate surface area is 108 Å². The van der Waals surface area contributed by atoms with Crippen LogP contribution in [0, 0.1) is 0 Å². The first-order valence-corrected chi connectivity index (χ1v) is 7.57. The van der Waals surface area contributed by atoms with E-state index in [1.165, 1.54) is 19.9 Å². The molecule has 0 aromatic heterocycles. The van der Waals surface area contributed by atoms with E-state index in [2.05, 4.69) is 16.5 Å². The smallest absolute Gasteiger partial charge is 0.242 e. The maximum absolute atomic E-state index is 11.7. The highest BCUT2D eigenvalue weighted by molar-refractivity contribution is 7.89. The maximum Gasteiger partial charge on any atom is 0.242 e. The maximum atomic E-state index is 11.7. The van der Waals surface area contributed by atoms with Gasteiger partial charge in [-0.2, -0.15) is 0 Å². The number of nitrogens with one attached hydrogen (secondary N) is 1. The van der Waals surface area contributed by atoms with Crippen molar-refractivity contribution in [2.45, 2.75) is 30.7 Å². The number of hydrogen-bond acceptors (Lipinski definition) is 4. The summed E-state index contributed by atoms with van der Waals surface area (Å²) < 4.78 is 25.7. The lowest BCUT2D eigenvalue weighted by molar-refractivity contribution is 0.588. The van der Waals surface area contributed by atoms with Gasteiger partial charge in [-0.25, -0.2) is 13.1 Å². The van der Waals surface area contributed by atoms with Gasteiger partial charge in [-0.15, -0.1) is 0 Å². The average molecular weight is 269 g/mol. The minimum absolute atomic E-state index is 0.139. The topological polar surface area (TPSA) is 75.4 Å². The van der Waals surface area contributed by atoms with Crippen LogP contribution < -0.4 is 15.4 Å². The molecule has 1 aliphatic carbocycles. The first-order chi connectivity index (χ1) is 8.49. The van der Waals surface area contributed by atoms with Gasteiger partial charge in [-0.05, 0) is 45.0 Å². The lowest BCUT2D eigenvalue weighted by Gasteiger charge is -2.23. The molecular formula is C12H19N3O2S. The molecule has 18 heavy (non-hydrogen) atoms. The summed E-state index contributed by atoms with van der Waals surface area (Å²) in [5.74, 6) is 0. The second-order valence-corrected chi connectivity index (χ2v) is 6.30. The van der Waals surface area contributed by atoms with Crippen LogP contribution in [-0.2, 0) is 10.0 Å². The Bertz CT molecular complexity index is 538. The number of nitrogens with two attached hydrogens (primary N) is 1. The van der Waals surface area contributed by atoms with E-state index >= 15 is 0 Å². The van der Waals surface area contributed by atoms with E-state index in [-0.39, 0.29) is 4.90 Å². The van der Waals surface area contributed by atoms with E-state index in [4.69, 9.17) is 5.73 Å². The Balaban J connectivity index is 2.35. The van der Waals surface area contributed by atoms with Crippen molar-refractivity contribution >= 4 is 21.4 Å². The van der Waals surface area contributed by atoms with Gasteiger partial charge in [0.1, 0.15) is 4.90 Å². The third-order valence-corrected chi connectivity index (χ3v) is 4.70. The Kier molecular flexibility index (Phi) is 3.49. The van der Waals surface area contributed by atoms with E-state index < -0.39 is 10.0 Å². The van der Waals surface area contributed by atoms with Gasteiger partial charge >= 0.3 is 0 Å². The number of nitrogens with zero attached hydrogens (tertiary/aromatic N) is 1. The Hall–Kier alpha value is -1.27. The molecule has 3 N–H and O–H groups in total. The van der Waals surface area contributed by atoms with Crippen LogP contribution in [0.15, 0.2) is 23.1 Å². The zero-order chi connectivity index (χ0) is 13.3. The molecule has 5 nitrogen and oxygen atoms in total. The van der Waals surface area contributed by atoms with Gasteiger partial charge in [0.15, 0.2) is 0 Å². The van der Waals surface area contributed by atoms with Crippen LogP contribution in [0.5, 0.6) is 0 Å². The minimum Gasteiger partial charge on any atom is -0.398 e. The number of sulfonamides is 1. The standard InChI is InChI=1S/C12H19N3O2S/c1-3-15(9-4-5-9)10-6-7-12(11(13)8-10)18(16,17)14-2/h6-9,14H,3-5,13H2,1-2H3. The highest BCUT2D eigenvalue weighted by Crippen LogP contribution is 2.33. The molecular weight excluding hydrogens is 250 g/mol. The first-order valence-electron chi connectivity index (χ1n) is 6.09. The molecule has 1 fully saturated rings. The lowest BCUT2D eigenvalue weighted by Crippen LogP contribution is -2.25. The fraction of sp³-hybridized carbons (Fsp3) is 0.500. The quantitative estimate of drug-likeness (QED) is 0.787. The number of anilines is 2. The normalized spacial score (nSPS) is 15.7. The molecule has 100 valence electrons. The van der Waals surface area contributed by atoms with Crippen LogP contribution in [0.25, 0.3) is 0 Å². The van der Waals surface area contributed by atoms with Crippen molar-refractivity contribution in [1.29, 1.82) is 0 Å². The molecule has 0 saturated heterocycles. The molecule has 0 unspecified atom stereocenters. The van der Waals surface area contributed by atoms with Gasteiger partial charge in [-0.3, -0.25) is 0 Å².